The number of amides is 1. The minimum Gasteiger partial charge on any atom is -0.445 e. The lowest BCUT2D eigenvalue weighted by molar-refractivity contribution is -0.117. The molecule has 1 N–H and O–H groups in total. The van der Waals surface area contributed by atoms with Crippen LogP contribution in [0.4, 0.5) is 4.79 Å². The van der Waals surface area contributed by atoms with Crippen LogP contribution in [-0.2, 0) is 29.8 Å². The first kappa shape index (κ1) is 19.4. The summed E-state index contributed by atoms with van der Waals surface area (Å²) in [6.45, 7) is 4.65. The largest absolute Gasteiger partial charge is 0.445 e. The van der Waals surface area contributed by atoms with Crippen molar-refractivity contribution in [2.24, 2.45) is 0 Å². The molecule has 0 bridgehead atoms. The average molecular weight is 343 g/mol. The van der Waals surface area contributed by atoms with Gasteiger partial charge in [0.2, 0.25) is 0 Å². The number of benzene rings is 1. The molecule has 0 aliphatic heterocycles. The highest BCUT2D eigenvalue weighted by Gasteiger charge is 2.40. The van der Waals surface area contributed by atoms with E-state index in [0.717, 1.165) is 5.56 Å². The first-order chi connectivity index (χ1) is 10.9. The average Bonchev–Trinajstić information content (AvgIpc) is 2.51. The number of carbonyl (C=O) groups excluding carboxylic acids is 2. The van der Waals surface area contributed by atoms with E-state index in [1.807, 2.05) is 18.2 Å². The maximum Gasteiger partial charge on any atom is 0.408 e. The smallest absolute Gasteiger partial charge is 0.408 e. The molecule has 0 saturated carbocycles. The molecule has 128 valence electrons. The second kappa shape index (κ2) is 9.45. The Morgan fingerprint density at radius 3 is 2.17 bits per heavy atom. The summed E-state index contributed by atoms with van der Waals surface area (Å²) < 4.78 is 27.9. The van der Waals surface area contributed by atoms with Crippen molar-refractivity contribution in [3.63, 3.8) is 0 Å². The summed E-state index contributed by atoms with van der Waals surface area (Å²) in [6, 6.07) is 9.05. The topological polar surface area (TPSA) is 90.9 Å². The molecule has 1 atom stereocenters. The predicted octanol–water partition coefficient (Wildman–Crippen LogP) is 3.09. The summed E-state index contributed by atoms with van der Waals surface area (Å²) in [5.74, 6) is -1.93. The number of rotatable bonds is 9. The van der Waals surface area contributed by atoms with Crippen LogP contribution in [-0.4, -0.2) is 30.9 Å². The van der Waals surface area contributed by atoms with Crippen molar-refractivity contribution in [2.45, 2.75) is 33.2 Å². The van der Waals surface area contributed by atoms with E-state index in [1.165, 1.54) is 6.92 Å². The van der Waals surface area contributed by atoms with E-state index in [2.05, 4.69) is 5.32 Å². The van der Waals surface area contributed by atoms with E-state index < -0.39 is 25.3 Å². The summed E-state index contributed by atoms with van der Waals surface area (Å²) in [4.78, 5) is 23.6. The second-order valence-electron chi connectivity index (χ2n) is 4.59. The molecule has 1 aromatic rings. The van der Waals surface area contributed by atoms with Crippen LogP contribution in [0.5, 0.6) is 0 Å². The van der Waals surface area contributed by atoms with Crippen molar-refractivity contribution >= 4 is 19.5 Å². The van der Waals surface area contributed by atoms with Crippen LogP contribution < -0.4 is 5.32 Å². The number of carbonyl (C=O) groups is 2. The molecule has 0 radical (unpaired) electrons. The van der Waals surface area contributed by atoms with Crippen LogP contribution in [0.25, 0.3) is 0 Å². The Bertz CT molecular complexity index is 552. The molecule has 0 heterocycles. The maximum absolute atomic E-state index is 12.6. The first-order valence-corrected chi connectivity index (χ1v) is 8.90. The van der Waals surface area contributed by atoms with Crippen LogP contribution >= 0.6 is 7.60 Å². The molecular weight excluding hydrogens is 321 g/mol. The van der Waals surface area contributed by atoms with Gasteiger partial charge in [-0.25, -0.2) is 4.79 Å². The summed E-state index contributed by atoms with van der Waals surface area (Å²) in [5, 5.41) is 2.27. The van der Waals surface area contributed by atoms with Crippen molar-refractivity contribution < 1.29 is 27.9 Å². The quantitative estimate of drug-likeness (QED) is 0.693. The lowest BCUT2D eigenvalue weighted by atomic mass is 10.2. The molecule has 0 aliphatic carbocycles. The number of ether oxygens (including phenoxy) is 1. The fourth-order valence-corrected chi connectivity index (χ4v) is 3.63. The van der Waals surface area contributed by atoms with Gasteiger partial charge in [0, 0.05) is 0 Å². The van der Waals surface area contributed by atoms with Gasteiger partial charge in [0.15, 0.2) is 11.6 Å². The van der Waals surface area contributed by atoms with E-state index in [0.29, 0.717) is 0 Å². The number of Topliss-reactive ketones (excluding diaryl/α,β-unsaturated/α-hetero) is 1. The Kier molecular flexibility index (Phi) is 7.95. The third-order valence-corrected chi connectivity index (χ3v) is 5.15. The van der Waals surface area contributed by atoms with Crippen LogP contribution in [0.3, 0.4) is 0 Å². The standard InChI is InChI=1S/C15H22NO6P/c1-4-21-23(19,22-5-2)14(12(3)17)16-15(18)20-11-13-9-7-6-8-10-13/h6-10,14H,4-5,11H2,1-3H3,(H,16,18). The minimum absolute atomic E-state index is 0.0326. The molecule has 0 saturated heterocycles. The lowest BCUT2D eigenvalue weighted by Crippen LogP contribution is -2.40. The summed E-state index contributed by atoms with van der Waals surface area (Å²) in [5.41, 5.74) is 0.792. The third kappa shape index (κ3) is 6.14. The Balaban J connectivity index is 2.72. The molecule has 0 spiro atoms. The number of alkyl carbamates (subject to hydrolysis) is 1. The number of hydrogen-bond donors (Lipinski definition) is 1. The fourth-order valence-electron chi connectivity index (χ4n) is 1.83. The number of hydrogen-bond acceptors (Lipinski definition) is 6. The Morgan fingerprint density at radius 2 is 1.70 bits per heavy atom. The van der Waals surface area contributed by atoms with Gasteiger partial charge < -0.3 is 19.1 Å². The normalized spacial score (nSPS) is 12.5. The minimum atomic E-state index is -3.80. The molecule has 0 fully saturated rings. The molecule has 8 heteroatoms. The van der Waals surface area contributed by atoms with E-state index >= 15 is 0 Å². The van der Waals surface area contributed by atoms with Gasteiger partial charge >= 0.3 is 13.7 Å². The molecule has 1 unspecified atom stereocenters. The lowest BCUT2D eigenvalue weighted by Gasteiger charge is -2.24. The molecule has 0 aliphatic rings. The first-order valence-electron chi connectivity index (χ1n) is 7.29. The van der Waals surface area contributed by atoms with Crippen molar-refractivity contribution in [3.8, 4) is 0 Å². The molecule has 1 amide bonds. The van der Waals surface area contributed by atoms with Gasteiger partial charge in [-0.2, -0.15) is 0 Å². The predicted molar refractivity (Wildman–Crippen MR) is 85.1 cm³/mol. The molecule has 7 nitrogen and oxygen atoms in total. The SMILES string of the molecule is CCOP(=O)(OCC)C(NC(=O)OCc1ccccc1)C(C)=O. The highest BCUT2D eigenvalue weighted by atomic mass is 31.2. The van der Waals surface area contributed by atoms with Gasteiger partial charge in [-0.3, -0.25) is 9.36 Å². The van der Waals surface area contributed by atoms with Gasteiger partial charge in [-0.1, -0.05) is 30.3 Å². The van der Waals surface area contributed by atoms with Crippen molar-refractivity contribution in [2.75, 3.05) is 13.2 Å². The van der Waals surface area contributed by atoms with Gasteiger partial charge in [0.1, 0.15) is 6.61 Å². The van der Waals surface area contributed by atoms with E-state index in [1.54, 1.807) is 26.0 Å². The van der Waals surface area contributed by atoms with Crippen molar-refractivity contribution in [1.82, 2.24) is 5.32 Å². The zero-order valence-electron chi connectivity index (χ0n) is 13.5. The fraction of sp³-hybridized carbons (Fsp3) is 0.467. The van der Waals surface area contributed by atoms with Crippen LogP contribution in [0.1, 0.15) is 26.3 Å². The van der Waals surface area contributed by atoms with Crippen LogP contribution in [0.15, 0.2) is 30.3 Å². The third-order valence-electron chi connectivity index (χ3n) is 2.79. The summed E-state index contributed by atoms with van der Waals surface area (Å²) in [6.07, 6.45) is -0.867. The maximum atomic E-state index is 12.6. The highest BCUT2D eigenvalue weighted by Crippen LogP contribution is 2.52. The number of nitrogens with one attached hydrogen (secondary N) is 1. The van der Waals surface area contributed by atoms with Gasteiger partial charge in [0.05, 0.1) is 13.2 Å². The Morgan fingerprint density at radius 1 is 1.13 bits per heavy atom. The molecular formula is C15H22NO6P. The van der Waals surface area contributed by atoms with Crippen LogP contribution in [0, 0.1) is 0 Å². The zero-order valence-corrected chi connectivity index (χ0v) is 14.4. The van der Waals surface area contributed by atoms with Crippen molar-refractivity contribution in [1.29, 1.82) is 0 Å². The van der Waals surface area contributed by atoms with Gasteiger partial charge in [-0.05, 0) is 26.3 Å². The molecule has 0 aromatic heterocycles. The van der Waals surface area contributed by atoms with E-state index in [9.17, 15) is 14.2 Å². The summed E-state index contributed by atoms with van der Waals surface area (Å²) >= 11 is 0. The van der Waals surface area contributed by atoms with Crippen molar-refractivity contribution in [3.05, 3.63) is 35.9 Å². The molecule has 23 heavy (non-hydrogen) atoms. The van der Waals surface area contributed by atoms with Gasteiger partial charge in [0.25, 0.3) is 0 Å². The monoisotopic (exact) mass is 343 g/mol. The van der Waals surface area contributed by atoms with E-state index in [4.69, 9.17) is 13.8 Å². The Hall–Kier alpha value is -1.69. The highest BCUT2D eigenvalue weighted by molar-refractivity contribution is 7.55. The zero-order chi connectivity index (χ0) is 17.3. The van der Waals surface area contributed by atoms with Gasteiger partial charge in [-0.15, -0.1) is 0 Å². The second-order valence-corrected chi connectivity index (χ2v) is 6.71. The summed E-state index contributed by atoms with van der Waals surface area (Å²) in [7, 11) is -3.80. The Labute approximate surface area is 135 Å². The van der Waals surface area contributed by atoms with E-state index in [-0.39, 0.29) is 19.8 Å². The molecule has 1 rings (SSSR count). The molecule has 1 aromatic carbocycles. The number of ketones is 1. The van der Waals surface area contributed by atoms with Crippen LogP contribution in [0.2, 0.25) is 0 Å².